The van der Waals surface area contributed by atoms with Crippen molar-refractivity contribution in [1.82, 2.24) is 5.32 Å². The van der Waals surface area contributed by atoms with Crippen molar-refractivity contribution < 1.29 is 0 Å². The third-order valence-corrected chi connectivity index (χ3v) is 3.69. The summed E-state index contributed by atoms with van der Waals surface area (Å²) in [5.74, 6) is 0. The van der Waals surface area contributed by atoms with Gasteiger partial charge in [0.2, 0.25) is 0 Å². The van der Waals surface area contributed by atoms with Gasteiger partial charge in [0, 0.05) is 12.6 Å². The summed E-state index contributed by atoms with van der Waals surface area (Å²) in [6.45, 7) is 6.34. The van der Waals surface area contributed by atoms with Gasteiger partial charge in [0.05, 0.1) is 10.7 Å². The minimum Gasteiger partial charge on any atom is -0.384 e. The zero-order chi connectivity index (χ0) is 12.3. The lowest BCUT2D eigenvalue weighted by Crippen LogP contribution is -2.24. The molecule has 0 aliphatic carbocycles. The molecule has 1 aromatic carbocycles. The molecular weight excluding hydrogens is 232 g/mol. The minimum absolute atomic E-state index is 0.687. The van der Waals surface area contributed by atoms with Gasteiger partial charge in [-0.2, -0.15) is 0 Å². The predicted molar refractivity (Wildman–Crippen MR) is 75.1 cm³/mol. The third kappa shape index (κ3) is 3.36. The SMILES string of the molecule is Cc1cc(C)c(NCCC2CCCN2)c(Cl)c1. The van der Waals surface area contributed by atoms with Gasteiger partial charge >= 0.3 is 0 Å². The van der Waals surface area contributed by atoms with E-state index < -0.39 is 0 Å². The Balaban J connectivity index is 1.89. The summed E-state index contributed by atoms with van der Waals surface area (Å²) in [4.78, 5) is 0. The van der Waals surface area contributed by atoms with Crippen LogP contribution in [0.15, 0.2) is 12.1 Å². The maximum Gasteiger partial charge on any atom is 0.0642 e. The molecule has 1 aliphatic rings. The molecule has 94 valence electrons. The zero-order valence-electron chi connectivity index (χ0n) is 10.6. The van der Waals surface area contributed by atoms with E-state index >= 15 is 0 Å². The van der Waals surface area contributed by atoms with Crippen molar-refractivity contribution in [2.24, 2.45) is 0 Å². The van der Waals surface area contributed by atoms with Gasteiger partial charge in [0.25, 0.3) is 0 Å². The topological polar surface area (TPSA) is 24.1 Å². The van der Waals surface area contributed by atoms with Crippen molar-refractivity contribution in [1.29, 1.82) is 0 Å². The Labute approximate surface area is 109 Å². The van der Waals surface area contributed by atoms with Crippen LogP contribution in [0, 0.1) is 13.8 Å². The number of nitrogens with one attached hydrogen (secondary N) is 2. The standard InChI is InChI=1S/C14H21ClN2/c1-10-8-11(2)14(13(15)9-10)17-7-5-12-4-3-6-16-12/h8-9,12,16-17H,3-7H2,1-2H3. The molecule has 0 amide bonds. The van der Waals surface area contributed by atoms with Crippen LogP contribution in [0.25, 0.3) is 0 Å². The Hall–Kier alpha value is -0.730. The summed E-state index contributed by atoms with van der Waals surface area (Å²) >= 11 is 6.25. The summed E-state index contributed by atoms with van der Waals surface area (Å²) in [5, 5.41) is 7.81. The molecule has 2 nitrogen and oxygen atoms in total. The van der Waals surface area contributed by atoms with Crippen LogP contribution in [0.5, 0.6) is 0 Å². The van der Waals surface area contributed by atoms with E-state index in [2.05, 4.69) is 30.5 Å². The van der Waals surface area contributed by atoms with E-state index in [1.54, 1.807) is 0 Å². The van der Waals surface area contributed by atoms with Crippen molar-refractivity contribution in [3.05, 3.63) is 28.3 Å². The first-order valence-corrected chi connectivity index (χ1v) is 6.78. The second-order valence-electron chi connectivity index (χ2n) is 4.95. The summed E-state index contributed by atoms with van der Waals surface area (Å²) < 4.78 is 0. The van der Waals surface area contributed by atoms with E-state index in [0.717, 1.165) is 17.3 Å². The maximum absolute atomic E-state index is 6.25. The molecule has 2 N–H and O–H groups in total. The molecule has 0 bridgehead atoms. The van der Waals surface area contributed by atoms with E-state index in [4.69, 9.17) is 11.6 Å². The molecule has 0 radical (unpaired) electrons. The van der Waals surface area contributed by atoms with Gasteiger partial charge in [-0.1, -0.05) is 17.7 Å². The molecule has 1 heterocycles. The van der Waals surface area contributed by atoms with Crippen LogP contribution in [-0.4, -0.2) is 19.1 Å². The lowest BCUT2D eigenvalue weighted by Gasteiger charge is -2.15. The van der Waals surface area contributed by atoms with Crippen molar-refractivity contribution in [3.8, 4) is 0 Å². The van der Waals surface area contributed by atoms with Crippen molar-refractivity contribution in [3.63, 3.8) is 0 Å². The summed E-state index contributed by atoms with van der Waals surface area (Å²) in [5.41, 5.74) is 3.54. The maximum atomic E-state index is 6.25. The monoisotopic (exact) mass is 252 g/mol. The molecule has 1 saturated heterocycles. The Bertz CT molecular complexity index is 361. The highest BCUT2D eigenvalue weighted by atomic mass is 35.5. The number of hydrogen-bond acceptors (Lipinski definition) is 2. The van der Waals surface area contributed by atoms with E-state index in [1.807, 2.05) is 6.07 Å². The molecule has 17 heavy (non-hydrogen) atoms. The molecule has 0 saturated carbocycles. The quantitative estimate of drug-likeness (QED) is 0.857. The lowest BCUT2D eigenvalue weighted by atomic mass is 10.1. The fourth-order valence-corrected chi connectivity index (χ4v) is 2.90. The second kappa shape index (κ2) is 5.74. The highest BCUT2D eigenvalue weighted by Crippen LogP contribution is 2.27. The molecule has 0 spiro atoms. The van der Waals surface area contributed by atoms with Gasteiger partial charge in [0.1, 0.15) is 0 Å². The van der Waals surface area contributed by atoms with E-state index in [-0.39, 0.29) is 0 Å². The largest absolute Gasteiger partial charge is 0.384 e. The van der Waals surface area contributed by atoms with Gasteiger partial charge in [-0.3, -0.25) is 0 Å². The zero-order valence-corrected chi connectivity index (χ0v) is 11.4. The van der Waals surface area contributed by atoms with Crippen LogP contribution in [0.2, 0.25) is 5.02 Å². The Morgan fingerprint density at radius 3 is 2.88 bits per heavy atom. The normalized spacial score (nSPS) is 19.6. The van der Waals surface area contributed by atoms with Crippen LogP contribution in [-0.2, 0) is 0 Å². The molecule has 2 rings (SSSR count). The summed E-state index contributed by atoms with van der Waals surface area (Å²) in [6.07, 6.45) is 3.79. The number of rotatable bonds is 4. The first-order valence-electron chi connectivity index (χ1n) is 6.41. The molecule has 0 aromatic heterocycles. The van der Waals surface area contributed by atoms with Crippen LogP contribution >= 0.6 is 11.6 Å². The fourth-order valence-electron chi connectivity index (χ4n) is 2.51. The van der Waals surface area contributed by atoms with E-state index in [0.29, 0.717) is 6.04 Å². The molecule has 3 heteroatoms. The van der Waals surface area contributed by atoms with Crippen LogP contribution in [0.3, 0.4) is 0 Å². The molecule has 1 unspecified atom stereocenters. The molecule has 1 atom stereocenters. The Morgan fingerprint density at radius 2 is 2.24 bits per heavy atom. The molecular formula is C14H21ClN2. The summed E-state index contributed by atoms with van der Waals surface area (Å²) in [7, 11) is 0. The minimum atomic E-state index is 0.687. The van der Waals surface area contributed by atoms with Crippen LogP contribution < -0.4 is 10.6 Å². The number of halogens is 1. The van der Waals surface area contributed by atoms with Crippen molar-refractivity contribution >= 4 is 17.3 Å². The number of hydrogen-bond donors (Lipinski definition) is 2. The van der Waals surface area contributed by atoms with Gasteiger partial charge in [-0.25, -0.2) is 0 Å². The van der Waals surface area contributed by atoms with E-state index in [1.165, 1.54) is 36.9 Å². The highest BCUT2D eigenvalue weighted by Gasteiger charge is 2.13. The second-order valence-corrected chi connectivity index (χ2v) is 5.35. The lowest BCUT2D eigenvalue weighted by molar-refractivity contribution is 0.574. The highest BCUT2D eigenvalue weighted by molar-refractivity contribution is 6.33. The van der Waals surface area contributed by atoms with Gasteiger partial charge < -0.3 is 10.6 Å². The van der Waals surface area contributed by atoms with E-state index in [9.17, 15) is 0 Å². The average molecular weight is 253 g/mol. The van der Waals surface area contributed by atoms with Gasteiger partial charge in [-0.15, -0.1) is 0 Å². The van der Waals surface area contributed by atoms with Crippen molar-refractivity contribution in [2.45, 2.75) is 39.2 Å². The average Bonchev–Trinajstić information content (AvgIpc) is 2.74. The third-order valence-electron chi connectivity index (χ3n) is 3.39. The Morgan fingerprint density at radius 1 is 1.41 bits per heavy atom. The number of anilines is 1. The molecule has 1 aromatic rings. The first-order chi connectivity index (χ1) is 8.16. The fraction of sp³-hybridized carbons (Fsp3) is 0.571. The van der Waals surface area contributed by atoms with Crippen LogP contribution in [0.1, 0.15) is 30.4 Å². The smallest absolute Gasteiger partial charge is 0.0642 e. The van der Waals surface area contributed by atoms with Gasteiger partial charge in [0.15, 0.2) is 0 Å². The van der Waals surface area contributed by atoms with Crippen LogP contribution in [0.4, 0.5) is 5.69 Å². The van der Waals surface area contributed by atoms with Gasteiger partial charge in [-0.05, 0) is 56.8 Å². The number of aryl methyl sites for hydroxylation is 2. The summed E-state index contributed by atoms with van der Waals surface area (Å²) in [6, 6.07) is 4.87. The first kappa shape index (κ1) is 12.7. The Kier molecular flexibility index (Phi) is 4.30. The number of benzene rings is 1. The van der Waals surface area contributed by atoms with Crippen molar-refractivity contribution in [2.75, 3.05) is 18.4 Å². The predicted octanol–water partition coefficient (Wildman–Crippen LogP) is 3.51. The molecule has 1 fully saturated rings. The molecule has 1 aliphatic heterocycles.